The van der Waals surface area contributed by atoms with Crippen molar-refractivity contribution in [1.82, 2.24) is 5.32 Å². The molecule has 25 heavy (non-hydrogen) atoms. The number of methoxy groups -OCH3 is 1. The van der Waals surface area contributed by atoms with Crippen molar-refractivity contribution in [3.8, 4) is 11.5 Å². The van der Waals surface area contributed by atoms with Crippen LogP contribution in [0.15, 0.2) is 46.9 Å². The zero-order valence-corrected chi connectivity index (χ0v) is 16.1. The Morgan fingerprint density at radius 1 is 1.20 bits per heavy atom. The Bertz CT molecular complexity index is 672. The maximum Gasteiger partial charge on any atom is 0.175 e. The third kappa shape index (κ3) is 5.21. The van der Waals surface area contributed by atoms with Gasteiger partial charge in [0.1, 0.15) is 6.61 Å². The van der Waals surface area contributed by atoms with Crippen molar-refractivity contribution in [2.24, 2.45) is 0 Å². The van der Waals surface area contributed by atoms with E-state index in [1.165, 1.54) is 6.42 Å². The van der Waals surface area contributed by atoms with Gasteiger partial charge in [0.15, 0.2) is 11.5 Å². The Morgan fingerprint density at radius 3 is 2.76 bits per heavy atom. The predicted octanol–water partition coefficient (Wildman–Crippen LogP) is 4.31. The first-order chi connectivity index (χ1) is 12.3. The maximum absolute atomic E-state index is 5.97. The van der Waals surface area contributed by atoms with E-state index < -0.39 is 0 Å². The average Bonchev–Trinajstić information content (AvgIpc) is 3.15. The number of hydrogen-bond acceptors (Lipinski definition) is 4. The van der Waals surface area contributed by atoms with Gasteiger partial charge in [0.05, 0.1) is 17.7 Å². The third-order valence-electron chi connectivity index (χ3n) is 4.24. The highest BCUT2D eigenvalue weighted by atomic mass is 79.9. The number of ether oxygens (including phenoxy) is 3. The van der Waals surface area contributed by atoms with Gasteiger partial charge in [0.25, 0.3) is 0 Å². The molecule has 1 N–H and O–H groups in total. The molecular formula is C20H24BrNO3. The molecule has 4 nitrogen and oxygen atoms in total. The second-order valence-corrected chi connectivity index (χ2v) is 7.00. The van der Waals surface area contributed by atoms with E-state index in [4.69, 9.17) is 14.2 Å². The first-order valence-electron chi connectivity index (χ1n) is 8.61. The minimum Gasteiger partial charge on any atom is -0.493 e. The van der Waals surface area contributed by atoms with Gasteiger partial charge in [-0.05, 0) is 52.0 Å². The van der Waals surface area contributed by atoms with Crippen LogP contribution in [-0.2, 0) is 17.9 Å². The lowest BCUT2D eigenvalue weighted by Crippen LogP contribution is -2.25. The Kier molecular flexibility index (Phi) is 6.73. The summed E-state index contributed by atoms with van der Waals surface area (Å²) < 4.78 is 18.0. The molecule has 0 amide bonds. The molecule has 0 saturated carbocycles. The van der Waals surface area contributed by atoms with Gasteiger partial charge in [-0.3, -0.25) is 0 Å². The topological polar surface area (TPSA) is 39.7 Å². The minimum absolute atomic E-state index is 0.346. The van der Waals surface area contributed by atoms with Crippen LogP contribution < -0.4 is 14.8 Å². The summed E-state index contributed by atoms with van der Waals surface area (Å²) in [5, 5.41) is 3.46. The molecule has 1 atom stereocenters. The predicted molar refractivity (Wildman–Crippen MR) is 102 cm³/mol. The quantitative estimate of drug-likeness (QED) is 0.710. The molecular weight excluding hydrogens is 382 g/mol. The van der Waals surface area contributed by atoms with Gasteiger partial charge in [-0.25, -0.2) is 0 Å². The van der Waals surface area contributed by atoms with Gasteiger partial charge in [0, 0.05) is 19.7 Å². The van der Waals surface area contributed by atoms with E-state index in [1.807, 2.05) is 36.4 Å². The molecule has 1 heterocycles. The fourth-order valence-corrected chi connectivity index (χ4v) is 3.53. The molecule has 2 aromatic rings. The van der Waals surface area contributed by atoms with Crippen LogP contribution in [0.25, 0.3) is 0 Å². The van der Waals surface area contributed by atoms with E-state index in [2.05, 4.69) is 27.3 Å². The van der Waals surface area contributed by atoms with Gasteiger partial charge in [0.2, 0.25) is 0 Å². The highest BCUT2D eigenvalue weighted by Crippen LogP contribution is 2.37. The maximum atomic E-state index is 5.97. The Morgan fingerprint density at radius 2 is 2.04 bits per heavy atom. The average molecular weight is 406 g/mol. The van der Waals surface area contributed by atoms with Gasteiger partial charge in [-0.15, -0.1) is 0 Å². The SMILES string of the molecule is COc1cc(CNC[C@@H]2CCCO2)cc(Br)c1OCc1ccccc1. The number of halogens is 1. The zero-order chi connectivity index (χ0) is 17.5. The summed E-state index contributed by atoms with van der Waals surface area (Å²) in [4.78, 5) is 0. The Balaban J connectivity index is 1.61. The van der Waals surface area contributed by atoms with E-state index in [0.717, 1.165) is 53.2 Å². The fourth-order valence-electron chi connectivity index (χ4n) is 2.93. The molecule has 1 aliphatic heterocycles. The van der Waals surface area contributed by atoms with E-state index in [-0.39, 0.29) is 0 Å². The minimum atomic E-state index is 0.346. The van der Waals surface area contributed by atoms with Crippen LogP contribution in [0.4, 0.5) is 0 Å². The van der Waals surface area contributed by atoms with Crippen molar-refractivity contribution in [3.05, 3.63) is 58.1 Å². The highest BCUT2D eigenvalue weighted by molar-refractivity contribution is 9.10. The number of benzene rings is 2. The molecule has 0 unspecified atom stereocenters. The van der Waals surface area contributed by atoms with Gasteiger partial charge < -0.3 is 19.5 Å². The van der Waals surface area contributed by atoms with Crippen molar-refractivity contribution in [3.63, 3.8) is 0 Å². The lowest BCUT2D eigenvalue weighted by molar-refractivity contribution is 0.110. The second kappa shape index (κ2) is 9.22. The van der Waals surface area contributed by atoms with Crippen molar-refractivity contribution in [1.29, 1.82) is 0 Å². The van der Waals surface area contributed by atoms with Crippen LogP contribution >= 0.6 is 15.9 Å². The van der Waals surface area contributed by atoms with Crippen LogP contribution in [0.2, 0.25) is 0 Å². The lowest BCUT2D eigenvalue weighted by atomic mass is 10.2. The molecule has 1 aliphatic rings. The van der Waals surface area contributed by atoms with Crippen LogP contribution in [-0.4, -0.2) is 26.4 Å². The van der Waals surface area contributed by atoms with Gasteiger partial charge in [-0.2, -0.15) is 0 Å². The number of hydrogen-bond donors (Lipinski definition) is 1. The Labute approximate surface area is 157 Å². The fraction of sp³-hybridized carbons (Fsp3) is 0.400. The van der Waals surface area contributed by atoms with Crippen molar-refractivity contribution < 1.29 is 14.2 Å². The van der Waals surface area contributed by atoms with Crippen LogP contribution in [0, 0.1) is 0 Å². The smallest absolute Gasteiger partial charge is 0.175 e. The van der Waals surface area contributed by atoms with Crippen LogP contribution in [0.5, 0.6) is 11.5 Å². The standard InChI is InChI=1S/C20H24BrNO3/c1-23-19-11-16(12-22-13-17-8-5-9-24-17)10-18(21)20(19)25-14-15-6-3-2-4-7-15/h2-4,6-7,10-11,17,22H,5,8-9,12-14H2,1H3/t17-/m0/s1. The van der Waals surface area contributed by atoms with Crippen LogP contribution in [0.1, 0.15) is 24.0 Å². The molecule has 134 valence electrons. The van der Waals surface area contributed by atoms with E-state index >= 15 is 0 Å². The number of rotatable bonds is 8. The summed E-state index contributed by atoms with van der Waals surface area (Å²) in [5.41, 5.74) is 2.27. The normalized spacial score (nSPS) is 16.8. The van der Waals surface area contributed by atoms with Gasteiger partial charge in [-0.1, -0.05) is 30.3 Å². The summed E-state index contributed by atoms with van der Waals surface area (Å²) in [6.07, 6.45) is 2.66. The molecule has 2 aromatic carbocycles. The molecule has 0 spiro atoms. The second-order valence-electron chi connectivity index (χ2n) is 6.15. The molecule has 3 rings (SSSR count). The summed E-state index contributed by atoms with van der Waals surface area (Å²) in [6.45, 7) is 3.05. The molecule has 5 heteroatoms. The lowest BCUT2D eigenvalue weighted by Gasteiger charge is -2.15. The molecule has 0 aliphatic carbocycles. The van der Waals surface area contributed by atoms with E-state index in [9.17, 15) is 0 Å². The number of nitrogens with one attached hydrogen (secondary N) is 1. The third-order valence-corrected chi connectivity index (χ3v) is 4.83. The first-order valence-corrected chi connectivity index (χ1v) is 9.41. The first kappa shape index (κ1) is 18.2. The van der Waals surface area contributed by atoms with Crippen molar-refractivity contribution in [2.75, 3.05) is 20.3 Å². The molecule has 1 saturated heterocycles. The molecule has 1 fully saturated rings. The molecule has 0 aromatic heterocycles. The highest BCUT2D eigenvalue weighted by Gasteiger charge is 2.15. The van der Waals surface area contributed by atoms with E-state index in [0.29, 0.717) is 12.7 Å². The zero-order valence-electron chi connectivity index (χ0n) is 14.5. The monoisotopic (exact) mass is 405 g/mol. The Hall–Kier alpha value is -1.56. The molecule has 0 radical (unpaired) electrons. The summed E-state index contributed by atoms with van der Waals surface area (Å²) in [7, 11) is 1.67. The van der Waals surface area contributed by atoms with Crippen molar-refractivity contribution >= 4 is 15.9 Å². The largest absolute Gasteiger partial charge is 0.493 e. The summed E-state index contributed by atoms with van der Waals surface area (Å²) in [6, 6.07) is 14.2. The van der Waals surface area contributed by atoms with Crippen LogP contribution in [0.3, 0.4) is 0 Å². The van der Waals surface area contributed by atoms with E-state index in [1.54, 1.807) is 7.11 Å². The summed E-state index contributed by atoms with van der Waals surface area (Å²) >= 11 is 3.61. The summed E-state index contributed by atoms with van der Waals surface area (Å²) in [5.74, 6) is 1.47. The van der Waals surface area contributed by atoms with Crippen molar-refractivity contribution in [2.45, 2.75) is 32.1 Å². The molecule has 0 bridgehead atoms. The van der Waals surface area contributed by atoms with Gasteiger partial charge >= 0.3 is 0 Å².